The number of phenols is 3. The highest BCUT2D eigenvalue weighted by Crippen LogP contribution is 2.48. The van der Waals surface area contributed by atoms with Gasteiger partial charge in [-0.2, -0.15) is 0 Å². The van der Waals surface area contributed by atoms with Crippen LogP contribution in [-0.4, -0.2) is 102 Å². The number of phenolic OH excluding ortho intramolecular Hbond substituents is 3. The molecule has 1 saturated carbocycles. The van der Waals surface area contributed by atoms with E-state index in [9.17, 15) is 50.1 Å². The molecule has 2 fully saturated rings. The molecule has 0 amide bonds. The number of carbonyl (C=O) groups is 3. The molecule has 0 unspecified atom stereocenters. The van der Waals surface area contributed by atoms with Gasteiger partial charge in [-0.15, -0.1) is 0 Å². The van der Waals surface area contributed by atoms with Crippen LogP contribution >= 0.6 is 0 Å². The number of rotatable bonds is 6. The van der Waals surface area contributed by atoms with Gasteiger partial charge in [0.1, 0.15) is 37.1 Å². The fraction of sp³-hybridized carbons (Fsp3) is 0.593. The van der Waals surface area contributed by atoms with Crippen molar-refractivity contribution in [3.8, 4) is 17.2 Å². The Bertz CT molecular complexity index is 1190. The summed E-state index contributed by atoms with van der Waals surface area (Å²) >= 11 is 0. The van der Waals surface area contributed by atoms with Crippen LogP contribution < -0.4 is 0 Å². The molecular weight excluding hydrogens is 532 g/mol. The maximum atomic E-state index is 13.4. The van der Waals surface area contributed by atoms with Crippen molar-refractivity contribution >= 4 is 17.5 Å². The van der Waals surface area contributed by atoms with Gasteiger partial charge in [-0.1, -0.05) is 19.4 Å². The fourth-order valence-corrected chi connectivity index (χ4v) is 5.32. The Morgan fingerprint density at radius 2 is 1.50 bits per heavy atom. The monoisotopic (exact) mass is 568 g/mol. The zero-order valence-corrected chi connectivity index (χ0v) is 23.0. The largest absolute Gasteiger partial charge is 0.504 e. The molecule has 1 aliphatic carbocycles. The van der Waals surface area contributed by atoms with Crippen LogP contribution in [0, 0.1) is 10.8 Å². The van der Waals surface area contributed by atoms with E-state index in [2.05, 4.69) is 0 Å². The van der Waals surface area contributed by atoms with Gasteiger partial charge in [-0.25, -0.2) is 4.79 Å². The first-order valence-electron chi connectivity index (χ1n) is 12.5. The van der Waals surface area contributed by atoms with Crippen molar-refractivity contribution in [2.75, 3.05) is 6.61 Å². The number of esters is 1. The molecule has 0 bridgehead atoms. The van der Waals surface area contributed by atoms with Crippen LogP contribution in [-0.2, 0) is 23.8 Å². The number of ether oxygens (including phenoxy) is 3. The molecule has 2 aliphatic rings. The van der Waals surface area contributed by atoms with Gasteiger partial charge in [-0.3, -0.25) is 9.59 Å². The second kappa shape index (κ2) is 10.7. The zero-order valence-electron chi connectivity index (χ0n) is 23.0. The lowest BCUT2D eigenvalue weighted by molar-refractivity contribution is -0.328. The summed E-state index contributed by atoms with van der Waals surface area (Å²) in [4.78, 5) is 39.2. The second-order valence-corrected chi connectivity index (χ2v) is 11.5. The number of Topliss-reactive ketones (excluding diaryl/α,β-unsaturated/α-hetero) is 2. The van der Waals surface area contributed by atoms with E-state index >= 15 is 0 Å². The molecule has 1 aromatic carbocycles. The SMILES string of the molecule is CC(C)=C[C@]1(O)C(=O)C(C)(C)C(=O)C(C)(C)[C@H]1O[C@@H]1O[C@H](COC(=O)c2cc(O)c(O)c(O)c2)[C@@H](O)[C@H](O)[C@H]1O. The van der Waals surface area contributed by atoms with Gasteiger partial charge < -0.3 is 50.0 Å². The lowest BCUT2D eigenvalue weighted by atomic mass is 9.56. The molecule has 1 heterocycles. The van der Waals surface area contributed by atoms with Gasteiger partial charge >= 0.3 is 5.97 Å². The van der Waals surface area contributed by atoms with Gasteiger partial charge in [-0.05, 0) is 45.9 Å². The molecule has 1 aliphatic heterocycles. The van der Waals surface area contributed by atoms with Gasteiger partial charge in [0, 0.05) is 0 Å². The summed E-state index contributed by atoms with van der Waals surface area (Å²) in [6.07, 6.45) is -9.24. The molecule has 7 atom stereocenters. The van der Waals surface area contributed by atoms with Crippen LogP contribution in [0.3, 0.4) is 0 Å². The number of aliphatic hydroxyl groups is 4. The van der Waals surface area contributed by atoms with Crippen LogP contribution in [0.15, 0.2) is 23.8 Å². The topological polar surface area (TPSA) is 221 Å². The maximum Gasteiger partial charge on any atom is 0.338 e. The summed E-state index contributed by atoms with van der Waals surface area (Å²) in [7, 11) is 0. The Hall–Kier alpha value is -3.07. The predicted molar refractivity (Wildman–Crippen MR) is 135 cm³/mol. The molecule has 7 N–H and O–H groups in total. The van der Waals surface area contributed by atoms with Gasteiger partial charge in [0.05, 0.1) is 16.4 Å². The van der Waals surface area contributed by atoms with Crippen LogP contribution in [0.5, 0.6) is 17.2 Å². The summed E-state index contributed by atoms with van der Waals surface area (Å²) in [5.74, 6) is -4.92. The molecule has 0 spiro atoms. The zero-order chi connectivity index (χ0) is 30.5. The number of hydrogen-bond donors (Lipinski definition) is 7. The van der Waals surface area contributed by atoms with E-state index in [0.717, 1.165) is 12.1 Å². The minimum absolute atomic E-state index is 0.359. The molecule has 13 nitrogen and oxygen atoms in total. The third kappa shape index (κ3) is 5.32. The smallest absolute Gasteiger partial charge is 0.338 e. The van der Waals surface area contributed by atoms with Crippen LogP contribution in [0.2, 0.25) is 0 Å². The Kier molecular flexibility index (Phi) is 8.44. The second-order valence-electron chi connectivity index (χ2n) is 11.5. The first kappa shape index (κ1) is 31.5. The molecule has 0 aromatic heterocycles. The highest BCUT2D eigenvalue weighted by atomic mass is 16.7. The van der Waals surface area contributed by atoms with E-state index in [1.54, 1.807) is 13.8 Å². The number of aliphatic hydroxyl groups excluding tert-OH is 3. The summed E-state index contributed by atoms with van der Waals surface area (Å²) in [5.41, 5.74) is -5.26. The fourth-order valence-electron chi connectivity index (χ4n) is 5.32. The van der Waals surface area contributed by atoms with Crippen molar-refractivity contribution in [1.29, 1.82) is 0 Å². The van der Waals surface area contributed by atoms with Crippen molar-refractivity contribution in [3.63, 3.8) is 0 Å². The lowest BCUT2D eigenvalue weighted by Crippen LogP contribution is -2.71. The standard InChI is InChI=1S/C27H36O13/c1-11(2)9-27(37)23(36)25(3,4)22(35)26(5,6)24(27)40-21-19(33)18(32)17(31)15(39-21)10-38-20(34)12-7-13(28)16(30)14(29)8-12/h7-9,15,17-19,21,24,28-33,37H,10H2,1-6H3/t15-,17-,18+,19-,21+,24-,27+/m1/s1. The van der Waals surface area contributed by atoms with Crippen molar-refractivity contribution in [2.24, 2.45) is 10.8 Å². The van der Waals surface area contributed by atoms with E-state index < -0.39 is 94.6 Å². The lowest BCUT2D eigenvalue weighted by Gasteiger charge is -2.53. The van der Waals surface area contributed by atoms with Gasteiger partial charge in [0.2, 0.25) is 0 Å². The Balaban J connectivity index is 1.88. The molecule has 222 valence electrons. The molecule has 1 aromatic rings. The first-order chi connectivity index (χ1) is 18.3. The average Bonchev–Trinajstić information content (AvgIpc) is 2.86. The average molecular weight is 569 g/mol. The minimum atomic E-state index is -2.34. The third-order valence-electron chi connectivity index (χ3n) is 7.27. The summed E-state index contributed by atoms with van der Waals surface area (Å²) in [6.45, 7) is 8.24. The first-order valence-corrected chi connectivity index (χ1v) is 12.5. The number of allylic oxidation sites excluding steroid dienone is 1. The molecule has 13 heteroatoms. The highest BCUT2D eigenvalue weighted by molar-refractivity contribution is 6.15. The van der Waals surface area contributed by atoms with E-state index in [-0.39, 0.29) is 5.56 Å². The van der Waals surface area contributed by atoms with E-state index in [0.29, 0.717) is 5.57 Å². The molecular formula is C27H36O13. The Morgan fingerprint density at radius 1 is 0.950 bits per heavy atom. The number of aromatic hydroxyl groups is 3. The summed E-state index contributed by atoms with van der Waals surface area (Å²) in [5, 5.41) is 71.9. The number of hydrogen-bond acceptors (Lipinski definition) is 13. The number of ketones is 2. The van der Waals surface area contributed by atoms with E-state index in [1.807, 2.05) is 0 Å². The van der Waals surface area contributed by atoms with Crippen LogP contribution in [0.1, 0.15) is 51.9 Å². The summed E-state index contributed by atoms with van der Waals surface area (Å²) < 4.78 is 16.5. The van der Waals surface area contributed by atoms with Crippen molar-refractivity contribution in [1.82, 2.24) is 0 Å². The van der Waals surface area contributed by atoms with Crippen LogP contribution in [0.4, 0.5) is 0 Å². The Labute approximate surface area is 230 Å². The number of benzene rings is 1. The molecule has 3 rings (SSSR count). The van der Waals surface area contributed by atoms with Gasteiger partial charge in [0.15, 0.2) is 40.7 Å². The normalized spacial score (nSPS) is 33.4. The van der Waals surface area contributed by atoms with Crippen molar-refractivity contribution in [2.45, 2.75) is 84.0 Å². The third-order valence-corrected chi connectivity index (χ3v) is 7.27. The Morgan fingerprint density at radius 3 is 2.02 bits per heavy atom. The van der Waals surface area contributed by atoms with E-state index in [1.165, 1.54) is 33.8 Å². The molecule has 1 saturated heterocycles. The summed E-state index contributed by atoms with van der Waals surface area (Å²) in [6, 6.07) is 1.65. The van der Waals surface area contributed by atoms with Crippen molar-refractivity contribution < 1.29 is 64.3 Å². The number of carbonyl (C=O) groups excluding carboxylic acids is 3. The van der Waals surface area contributed by atoms with Gasteiger partial charge in [0.25, 0.3) is 0 Å². The highest BCUT2D eigenvalue weighted by Gasteiger charge is 2.66. The molecule has 40 heavy (non-hydrogen) atoms. The van der Waals surface area contributed by atoms with E-state index in [4.69, 9.17) is 14.2 Å². The molecule has 0 radical (unpaired) electrons. The van der Waals surface area contributed by atoms with Crippen LogP contribution in [0.25, 0.3) is 0 Å². The maximum absolute atomic E-state index is 13.4. The van der Waals surface area contributed by atoms with Crippen molar-refractivity contribution in [3.05, 3.63) is 29.3 Å². The quantitative estimate of drug-likeness (QED) is 0.105. The minimum Gasteiger partial charge on any atom is -0.504 e. The predicted octanol–water partition coefficient (Wildman–Crippen LogP) is 0.0545.